The van der Waals surface area contributed by atoms with Crippen molar-refractivity contribution in [1.82, 2.24) is 5.32 Å². The molecule has 0 aromatic heterocycles. The second kappa shape index (κ2) is 10.7. The highest BCUT2D eigenvalue weighted by molar-refractivity contribution is 4.94. The fraction of sp³-hybridized carbons (Fsp3) is 1.00. The summed E-state index contributed by atoms with van der Waals surface area (Å²) in [6, 6.07) is 0.738. The minimum atomic E-state index is 0.506. The van der Waals surface area contributed by atoms with Crippen LogP contribution in [0, 0.1) is 23.2 Å². The van der Waals surface area contributed by atoms with Crippen molar-refractivity contribution in [1.29, 1.82) is 0 Å². The summed E-state index contributed by atoms with van der Waals surface area (Å²) < 4.78 is 0. The van der Waals surface area contributed by atoms with Crippen LogP contribution in [0.1, 0.15) is 106 Å². The third-order valence-corrected chi connectivity index (χ3v) is 6.62. The molecule has 1 N–H and O–H groups in total. The average molecular weight is 324 g/mol. The van der Waals surface area contributed by atoms with Crippen molar-refractivity contribution in [3.05, 3.63) is 0 Å². The van der Waals surface area contributed by atoms with Gasteiger partial charge in [0.1, 0.15) is 0 Å². The Balaban J connectivity index is 2.69. The number of nitrogens with one attached hydrogen (secondary N) is 1. The molecule has 138 valence electrons. The first-order chi connectivity index (χ1) is 11.0. The monoisotopic (exact) mass is 323 g/mol. The molecule has 23 heavy (non-hydrogen) atoms. The van der Waals surface area contributed by atoms with E-state index in [1.54, 1.807) is 0 Å². The maximum atomic E-state index is 4.03. The van der Waals surface area contributed by atoms with Gasteiger partial charge in [-0.15, -0.1) is 0 Å². The topological polar surface area (TPSA) is 12.0 Å². The van der Waals surface area contributed by atoms with Crippen LogP contribution in [-0.4, -0.2) is 12.6 Å². The van der Waals surface area contributed by atoms with Crippen LogP contribution in [0.5, 0.6) is 0 Å². The predicted molar refractivity (Wildman–Crippen MR) is 105 cm³/mol. The lowest BCUT2D eigenvalue weighted by Gasteiger charge is -2.47. The van der Waals surface area contributed by atoms with Gasteiger partial charge in [-0.1, -0.05) is 86.5 Å². The molecule has 0 aromatic carbocycles. The van der Waals surface area contributed by atoms with Crippen molar-refractivity contribution in [3.63, 3.8) is 0 Å². The molecule has 1 fully saturated rings. The van der Waals surface area contributed by atoms with E-state index in [1.807, 2.05) is 0 Å². The molecule has 1 aliphatic rings. The van der Waals surface area contributed by atoms with Gasteiger partial charge in [-0.2, -0.15) is 0 Å². The lowest BCUT2D eigenvalue weighted by atomic mass is 9.66. The molecule has 1 heteroatoms. The number of hydrogen-bond acceptors (Lipinski definition) is 1. The van der Waals surface area contributed by atoms with Gasteiger partial charge < -0.3 is 5.32 Å². The fourth-order valence-electron chi connectivity index (χ4n) is 5.30. The summed E-state index contributed by atoms with van der Waals surface area (Å²) in [4.78, 5) is 0. The average Bonchev–Trinajstić information content (AvgIpc) is 2.52. The van der Waals surface area contributed by atoms with Gasteiger partial charge in [0.25, 0.3) is 0 Å². The first kappa shape index (κ1) is 21.0. The minimum Gasteiger partial charge on any atom is -0.313 e. The van der Waals surface area contributed by atoms with E-state index in [4.69, 9.17) is 0 Å². The van der Waals surface area contributed by atoms with Crippen LogP contribution in [-0.2, 0) is 0 Å². The van der Waals surface area contributed by atoms with E-state index >= 15 is 0 Å². The molecule has 0 spiro atoms. The first-order valence-corrected chi connectivity index (χ1v) is 10.8. The molecule has 0 radical (unpaired) electrons. The molecule has 1 aliphatic heterocycles. The Bertz CT molecular complexity index is 292. The fourth-order valence-corrected chi connectivity index (χ4v) is 5.30. The van der Waals surface area contributed by atoms with Gasteiger partial charge in [-0.25, -0.2) is 0 Å². The highest BCUT2D eigenvalue weighted by atomic mass is 15.0. The summed E-state index contributed by atoms with van der Waals surface area (Å²) in [6.45, 7) is 15.8. The highest BCUT2D eigenvalue weighted by Gasteiger charge is 2.39. The number of unbranched alkanes of at least 4 members (excludes halogenated alkanes) is 1. The van der Waals surface area contributed by atoms with E-state index < -0.39 is 0 Å². The van der Waals surface area contributed by atoms with Gasteiger partial charge >= 0.3 is 0 Å². The van der Waals surface area contributed by atoms with Crippen molar-refractivity contribution in [2.45, 2.75) is 112 Å². The molecule has 1 saturated heterocycles. The second-order valence-corrected chi connectivity index (χ2v) is 8.68. The van der Waals surface area contributed by atoms with Crippen molar-refractivity contribution >= 4 is 0 Å². The normalized spacial score (nSPS) is 27.1. The third-order valence-electron chi connectivity index (χ3n) is 6.62. The maximum Gasteiger partial charge on any atom is 0.0124 e. The SMILES string of the molecule is CCCCC(CCC)C1CNC(C(C)(CCC)CCC)CC1C. The zero-order valence-electron chi connectivity index (χ0n) is 17.1. The Morgan fingerprint density at radius 1 is 0.957 bits per heavy atom. The van der Waals surface area contributed by atoms with Crippen LogP contribution >= 0.6 is 0 Å². The Labute approximate surface area is 147 Å². The van der Waals surface area contributed by atoms with E-state index in [-0.39, 0.29) is 0 Å². The van der Waals surface area contributed by atoms with Gasteiger partial charge in [0, 0.05) is 6.04 Å². The van der Waals surface area contributed by atoms with Crippen molar-refractivity contribution < 1.29 is 0 Å². The Hall–Kier alpha value is -0.0400. The van der Waals surface area contributed by atoms with Crippen molar-refractivity contribution in [3.8, 4) is 0 Å². The molecule has 1 rings (SSSR count). The molecule has 4 atom stereocenters. The van der Waals surface area contributed by atoms with Gasteiger partial charge in [0.2, 0.25) is 0 Å². The van der Waals surface area contributed by atoms with Gasteiger partial charge in [0.15, 0.2) is 0 Å². The van der Waals surface area contributed by atoms with Crippen LogP contribution in [0.3, 0.4) is 0 Å². The maximum absolute atomic E-state index is 4.03. The number of hydrogen-bond donors (Lipinski definition) is 1. The first-order valence-electron chi connectivity index (χ1n) is 10.8. The van der Waals surface area contributed by atoms with E-state index in [2.05, 4.69) is 46.9 Å². The zero-order valence-corrected chi connectivity index (χ0v) is 17.1. The lowest BCUT2D eigenvalue weighted by Crippen LogP contribution is -2.52. The molecule has 0 aliphatic carbocycles. The molecule has 1 heterocycles. The second-order valence-electron chi connectivity index (χ2n) is 8.68. The standard InChI is InChI=1S/C22H45N/c1-7-11-13-19(12-8-2)20-17-23-21(16-18(20)5)22(6,14-9-3)15-10-4/h18-21,23H,7-17H2,1-6H3. The van der Waals surface area contributed by atoms with E-state index in [9.17, 15) is 0 Å². The third kappa shape index (κ3) is 6.07. The molecular formula is C22H45N. The highest BCUT2D eigenvalue weighted by Crippen LogP contribution is 2.41. The van der Waals surface area contributed by atoms with Crippen LogP contribution in [0.2, 0.25) is 0 Å². The summed E-state index contributed by atoms with van der Waals surface area (Å²) in [5, 5.41) is 4.03. The molecule has 0 bridgehead atoms. The van der Waals surface area contributed by atoms with E-state index in [0.29, 0.717) is 5.41 Å². The van der Waals surface area contributed by atoms with Crippen molar-refractivity contribution in [2.75, 3.05) is 6.54 Å². The summed E-state index contributed by atoms with van der Waals surface area (Å²) >= 11 is 0. The quantitative estimate of drug-likeness (QED) is 0.440. The summed E-state index contributed by atoms with van der Waals surface area (Å²) in [5.41, 5.74) is 0.506. The molecule has 1 nitrogen and oxygen atoms in total. The van der Waals surface area contributed by atoms with Crippen LogP contribution < -0.4 is 5.32 Å². The predicted octanol–water partition coefficient (Wildman–Crippen LogP) is 6.81. The summed E-state index contributed by atoms with van der Waals surface area (Å²) in [7, 11) is 0. The van der Waals surface area contributed by atoms with E-state index in [1.165, 1.54) is 70.8 Å². The van der Waals surface area contributed by atoms with Crippen molar-refractivity contribution in [2.24, 2.45) is 23.2 Å². The zero-order chi connectivity index (χ0) is 17.3. The Morgan fingerprint density at radius 3 is 2.09 bits per heavy atom. The number of rotatable bonds is 11. The van der Waals surface area contributed by atoms with Crippen LogP contribution in [0.25, 0.3) is 0 Å². The van der Waals surface area contributed by atoms with Gasteiger partial charge in [-0.05, 0) is 49.0 Å². The molecular weight excluding hydrogens is 278 g/mol. The lowest BCUT2D eigenvalue weighted by molar-refractivity contribution is 0.0736. The van der Waals surface area contributed by atoms with Gasteiger partial charge in [-0.3, -0.25) is 0 Å². The molecule has 0 amide bonds. The minimum absolute atomic E-state index is 0.506. The molecule has 0 aromatic rings. The number of piperidine rings is 1. The van der Waals surface area contributed by atoms with Crippen LogP contribution in [0.15, 0.2) is 0 Å². The summed E-state index contributed by atoms with van der Waals surface area (Å²) in [5.74, 6) is 2.75. The van der Waals surface area contributed by atoms with E-state index in [0.717, 1.165) is 23.8 Å². The molecule has 0 saturated carbocycles. The Kier molecular flexibility index (Phi) is 9.82. The summed E-state index contributed by atoms with van der Waals surface area (Å²) in [6.07, 6.45) is 13.8. The van der Waals surface area contributed by atoms with Gasteiger partial charge in [0.05, 0.1) is 0 Å². The van der Waals surface area contributed by atoms with Crippen LogP contribution in [0.4, 0.5) is 0 Å². The smallest absolute Gasteiger partial charge is 0.0124 e. The Morgan fingerprint density at radius 2 is 1.61 bits per heavy atom. The molecule has 4 unspecified atom stereocenters. The largest absolute Gasteiger partial charge is 0.313 e.